The average molecular weight is 264 g/mol. The first-order valence-electron chi connectivity index (χ1n) is 6.86. The van der Waals surface area contributed by atoms with Gasteiger partial charge < -0.3 is 4.90 Å². The van der Waals surface area contributed by atoms with Crippen molar-refractivity contribution in [1.29, 1.82) is 0 Å². The lowest BCUT2D eigenvalue weighted by molar-refractivity contribution is -0.133. The van der Waals surface area contributed by atoms with Gasteiger partial charge in [0.15, 0.2) is 0 Å². The van der Waals surface area contributed by atoms with Crippen LogP contribution in [0.15, 0.2) is 24.3 Å². The molecule has 4 heteroatoms. The van der Waals surface area contributed by atoms with E-state index in [1.165, 1.54) is 12.1 Å². The molecule has 1 amide bonds. The first-order valence-corrected chi connectivity index (χ1v) is 6.86. The average Bonchev–Trinajstić information content (AvgIpc) is 2.65. The molecule has 19 heavy (non-hydrogen) atoms. The number of carbonyl (C=O) groups excluding carboxylic acids is 1. The number of carbonyl (C=O) groups is 1. The lowest BCUT2D eigenvalue weighted by Crippen LogP contribution is -2.43. The van der Waals surface area contributed by atoms with Crippen LogP contribution in [0, 0.1) is 5.82 Å². The van der Waals surface area contributed by atoms with Crippen molar-refractivity contribution in [3.63, 3.8) is 0 Å². The maximum Gasteiger partial charge on any atom is 0.244 e. The van der Waals surface area contributed by atoms with Gasteiger partial charge in [-0.15, -0.1) is 0 Å². The van der Waals surface area contributed by atoms with Gasteiger partial charge in [-0.2, -0.15) is 0 Å². The van der Waals surface area contributed by atoms with Crippen LogP contribution in [0.2, 0.25) is 0 Å². The van der Waals surface area contributed by atoms with Gasteiger partial charge in [0.25, 0.3) is 0 Å². The van der Waals surface area contributed by atoms with Gasteiger partial charge in [-0.25, -0.2) is 4.39 Å². The molecular formula is C15H21FN2O. The van der Waals surface area contributed by atoms with Gasteiger partial charge in [0.05, 0.1) is 5.54 Å². The van der Waals surface area contributed by atoms with E-state index in [-0.39, 0.29) is 17.9 Å². The number of hydrogen-bond acceptors (Lipinski definition) is 2. The van der Waals surface area contributed by atoms with Crippen LogP contribution in [0.4, 0.5) is 4.39 Å². The van der Waals surface area contributed by atoms with Crippen molar-refractivity contribution in [3.8, 4) is 0 Å². The van der Waals surface area contributed by atoms with Gasteiger partial charge in [-0.05, 0) is 37.5 Å². The van der Waals surface area contributed by atoms with Crippen LogP contribution >= 0.6 is 0 Å². The lowest BCUT2D eigenvalue weighted by atomic mass is 9.99. The third kappa shape index (κ3) is 2.50. The second-order valence-electron chi connectivity index (χ2n) is 5.29. The number of nitrogens with zero attached hydrogens (tertiary/aromatic N) is 1. The van der Waals surface area contributed by atoms with Gasteiger partial charge in [0.2, 0.25) is 5.91 Å². The van der Waals surface area contributed by atoms with Crippen molar-refractivity contribution in [1.82, 2.24) is 10.2 Å². The molecule has 0 radical (unpaired) electrons. The molecule has 1 aromatic carbocycles. The monoisotopic (exact) mass is 264 g/mol. The summed E-state index contributed by atoms with van der Waals surface area (Å²) >= 11 is 0. The molecule has 1 aromatic rings. The van der Waals surface area contributed by atoms with Crippen molar-refractivity contribution in [2.45, 2.75) is 45.3 Å². The van der Waals surface area contributed by atoms with Crippen molar-refractivity contribution in [3.05, 3.63) is 35.6 Å². The maximum atomic E-state index is 13.4. The fourth-order valence-corrected chi connectivity index (χ4v) is 2.54. The number of benzene rings is 1. The summed E-state index contributed by atoms with van der Waals surface area (Å²) in [4.78, 5) is 14.3. The molecule has 0 bridgehead atoms. The molecule has 1 aliphatic rings. The standard InChI is InChI=1S/C15H21FN2O/c1-4-9-18-13(11-7-6-8-12(16)10-11)17-15(3,5-2)14(18)19/h6-8,10,13,17H,4-5,9H2,1-3H3. The summed E-state index contributed by atoms with van der Waals surface area (Å²) in [5.41, 5.74) is 0.255. The highest BCUT2D eigenvalue weighted by molar-refractivity contribution is 5.88. The molecule has 2 unspecified atom stereocenters. The van der Waals surface area contributed by atoms with E-state index in [0.29, 0.717) is 6.54 Å². The predicted octanol–water partition coefficient (Wildman–Crippen LogP) is 2.83. The van der Waals surface area contributed by atoms with Crippen molar-refractivity contribution in [2.24, 2.45) is 0 Å². The Morgan fingerprint density at radius 3 is 2.74 bits per heavy atom. The summed E-state index contributed by atoms with van der Waals surface area (Å²) in [6.45, 7) is 6.63. The Morgan fingerprint density at radius 1 is 1.42 bits per heavy atom. The summed E-state index contributed by atoms with van der Waals surface area (Å²) in [6.07, 6.45) is 1.38. The van der Waals surface area contributed by atoms with Gasteiger partial charge in [0, 0.05) is 6.54 Å². The van der Waals surface area contributed by atoms with E-state index >= 15 is 0 Å². The third-order valence-corrected chi connectivity index (χ3v) is 3.84. The summed E-state index contributed by atoms with van der Waals surface area (Å²) in [6, 6.07) is 6.46. The summed E-state index contributed by atoms with van der Waals surface area (Å²) < 4.78 is 13.4. The van der Waals surface area contributed by atoms with E-state index in [1.54, 1.807) is 6.07 Å². The quantitative estimate of drug-likeness (QED) is 0.907. The number of hydrogen-bond donors (Lipinski definition) is 1. The first kappa shape index (κ1) is 14.0. The fraction of sp³-hybridized carbons (Fsp3) is 0.533. The zero-order valence-electron chi connectivity index (χ0n) is 11.7. The summed E-state index contributed by atoms with van der Waals surface area (Å²) in [5.74, 6) is -0.167. The topological polar surface area (TPSA) is 32.3 Å². The smallest absolute Gasteiger partial charge is 0.244 e. The van der Waals surface area contributed by atoms with Gasteiger partial charge >= 0.3 is 0 Å². The highest BCUT2D eigenvalue weighted by atomic mass is 19.1. The number of rotatable bonds is 4. The fourth-order valence-electron chi connectivity index (χ4n) is 2.54. The molecule has 1 aliphatic heterocycles. The van der Waals surface area contributed by atoms with Gasteiger partial charge in [-0.1, -0.05) is 26.0 Å². The van der Waals surface area contributed by atoms with Crippen molar-refractivity contribution >= 4 is 5.91 Å². The molecule has 0 aliphatic carbocycles. The van der Waals surface area contributed by atoms with E-state index in [4.69, 9.17) is 0 Å². The summed E-state index contributed by atoms with van der Waals surface area (Å²) in [5, 5.41) is 3.35. The molecule has 1 saturated heterocycles. The molecule has 1 N–H and O–H groups in total. The van der Waals surface area contributed by atoms with E-state index < -0.39 is 5.54 Å². The molecular weight excluding hydrogens is 243 g/mol. The normalized spacial score (nSPS) is 27.1. The lowest BCUT2D eigenvalue weighted by Gasteiger charge is -2.24. The second-order valence-corrected chi connectivity index (χ2v) is 5.29. The Balaban J connectivity index is 2.35. The van der Waals surface area contributed by atoms with Gasteiger partial charge in [-0.3, -0.25) is 10.1 Å². The molecule has 0 spiro atoms. The minimum atomic E-state index is -0.549. The van der Waals surface area contributed by atoms with E-state index in [9.17, 15) is 9.18 Å². The maximum absolute atomic E-state index is 13.4. The molecule has 104 valence electrons. The second kappa shape index (κ2) is 5.29. The highest BCUT2D eigenvalue weighted by Gasteiger charge is 2.46. The van der Waals surface area contributed by atoms with Crippen molar-refractivity contribution in [2.75, 3.05) is 6.54 Å². The van der Waals surface area contributed by atoms with Crippen LogP contribution in [-0.4, -0.2) is 22.9 Å². The van der Waals surface area contributed by atoms with E-state index in [1.807, 2.05) is 31.7 Å². The highest BCUT2D eigenvalue weighted by Crippen LogP contribution is 2.32. The Morgan fingerprint density at radius 2 is 2.16 bits per heavy atom. The Hall–Kier alpha value is -1.42. The summed E-state index contributed by atoms with van der Waals surface area (Å²) in [7, 11) is 0. The van der Waals surface area contributed by atoms with Crippen LogP contribution < -0.4 is 5.32 Å². The molecule has 0 aromatic heterocycles. The molecule has 1 fully saturated rings. The molecule has 2 atom stereocenters. The number of amides is 1. The van der Waals surface area contributed by atoms with Crippen LogP contribution in [0.1, 0.15) is 45.3 Å². The van der Waals surface area contributed by atoms with E-state index in [2.05, 4.69) is 5.32 Å². The zero-order chi connectivity index (χ0) is 14.0. The molecule has 3 nitrogen and oxygen atoms in total. The van der Waals surface area contributed by atoms with Crippen LogP contribution in [0.5, 0.6) is 0 Å². The van der Waals surface area contributed by atoms with Gasteiger partial charge in [0.1, 0.15) is 12.0 Å². The minimum Gasteiger partial charge on any atom is -0.321 e. The number of halogens is 1. The van der Waals surface area contributed by atoms with Crippen LogP contribution in [0.25, 0.3) is 0 Å². The molecule has 1 heterocycles. The third-order valence-electron chi connectivity index (χ3n) is 3.84. The number of nitrogens with one attached hydrogen (secondary N) is 1. The Bertz CT molecular complexity index is 477. The SMILES string of the molecule is CCCN1C(=O)C(C)(CC)NC1c1cccc(F)c1. The zero-order valence-corrected chi connectivity index (χ0v) is 11.7. The largest absolute Gasteiger partial charge is 0.321 e. The first-order chi connectivity index (χ1) is 9.01. The van der Waals surface area contributed by atoms with Crippen molar-refractivity contribution < 1.29 is 9.18 Å². The van der Waals surface area contributed by atoms with E-state index in [0.717, 1.165) is 18.4 Å². The molecule has 0 saturated carbocycles. The minimum absolute atomic E-state index is 0.103. The molecule has 2 rings (SSSR count). The van der Waals surface area contributed by atoms with Crippen LogP contribution in [-0.2, 0) is 4.79 Å². The Kier molecular flexibility index (Phi) is 3.90. The predicted molar refractivity (Wildman–Crippen MR) is 73.0 cm³/mol. The Labute approximate surface area is 113 Å². The van der Waals surface area contributed by atoms with Crippen LogP contribution in [0.3, 0.4) is 0 Å².